The van der Waals surface area contributed by atoms with Gasteiger partial charge in [0.2, 0.25) is 0 Å². The van der Waals surface area contributed by atoms with Gasteiger partial charge in [-0.15, -0.1) is 0 Å². The molecule has 1 aliphatic carbocycles. The van der Waals surface area contributed by atoms with Gasteiger partial charge in [-0.1, -0.05) is 38.2 Å². The van der Waals surface area contributed by atoms with Gasteiger partial charge in [0.1, 0.15) is 16.9 Å². The second kappa shape index (κ2) is 9.97. The lowest BCUT2D eigenvalue weighted by atomic mass is 9.78. The number of nitrogens with zero attached hydrogens (tertiary/aromatic N) is 1. The molecule has 2 fully saturated rings. The number of carbonyl (C=O) groups excluding carboxylic acids is 1. The smallest absolute Gasteiger partial charge is 0.444 e. The van der Waals surface area contributed by atoms with Crippen LogP contribution in [0, 0.1) is 11.7 Å². The molecule has 1 saturated heterocycles. The normalized spacial score (nSPS) is 21.7. The van der Waals surface area contributed by atoms with E-state index in [1.807, 2.05) is 48.5 Å². The van der Waals surface area contributed by atoms with E-state index in [0.717, 1.165) is 25.7 Å². The number of carbonyl (C=O) groups is 1. The molecule has 0 radical (unpaired) electrons. The van der Waals surface area contributed by atoms with Crippen LogP contribution in [0.2, 0.25) is 0 Å². The molecule has 2 heterocycles. The fourth-order valence-corrected chi connectivity index (χ4v) is 5.04. The minimum absolute atomic E-state index is 0.184. The van der Waals surface area contributed by atoms with E-state index in [9.17, 15) is 4.79 Å². The predicted octanol–water partition coefficient (Wildman–Crippen LogP) is 5.93. The number of fused-ring (bicyclic) bond motifs is 1. The molecule has 0 bridgehead atoms. The van der Waals surface area contributed by atoms with Crippen molar-refractivity contribution in [2.75, 3.05) is 0 Å². The predicted molar refractivity (Wildman–Crippen MR) is 140 cm³/mol. The monoisotopic (exact) mass is 501 g/mol. The number of aromatic amines is 1. The average molecular weight is 501 g/mol. The first-order valence-corrected chi connectivity index (χ1v) is 13.3. The topological polar surface area (TPSA) is 85.5 Å². The fourth-order valence-electron chi connectivity index (χ4n) is 5.04. The summed E-state index contributed by atoms with van der Waals surface area (Å²) in [5, 5.41) is 3.05. The van der Waals surface area contributed by atoms with Crippen LogP contribution in [0.5, 0.6) is 0 Å². The van der Waals surface area contributed by atoms with Crippen LogP contribution in [0.1, 0.15) is 105 Å². The van der Waals surface area contributed by atoms with E-state index in [-0.39, 0.29) is 11.4 Å². The minimum atomic E-state index is -0.819. The summed E-state index contributed by atoms with van der Waals surface area (Å²) in [4.78, 5) is 20.8. The van der Waals surface area contributed by atoms with Crippen molar-refractivity contribution in [2.45, 2.75) is 116 Å². The Morgan fingerprint density at radius 1 is 1.11 bits per heavy atom. The number of hydrogen-bond donors (Lipinski definition) is 2. The van der Waals surface area contributed by atoms with Crippen LogP contribution in [0.4, 0.5) is 9.18 Å². The first kappa shape index (κ1) is 26.9. The summed E-state index contributed by atoms with van der Waals surface area (Å²) < 4.78 is 33.5. The summed E-state index contributed by atoms with van der Waals surface area (Å²) in [5.41, 5.74) is -0.648. The largest absolute Gasteiger partial charge is 0.497 e. The molecule has 1 atom stereocenters. The lowest BCUT2D eigenvalue weighted by Crippen LogP contribution is -2.41. The second-order valence-corrected chi connectivity index (χ2v) is 12.3. The highest BCUT2D eigenvalue weighted by atomic mass is 19.1. The van der Waals surface area contributed by atoms with Crippen LogP contribution < -0.4 is 10.8 Å². The Morgan fingerprint density at radius 3 is 2.28 bits per heavy atom. The third-order valence-corrected chi connectivity index (χ3v) is 7.74. The molecule has 1 aliphatic heterocycles. The Balaban J connectivity index is 1.67. The van der Waals surface area contributed by atoms with Gasteiger partial charge in [-0.2, -0.15) is 0 Å². The van der Waals surface area contributed by atoms with E-state index in [0.29, 0.717) is 16.8 Å². The molecular formula is C27H41BFN3O4. The van der Waals surface area contributed by atoms with Gasteiger partial charge in [0.25, 0.3) is 0 Å². The van der Waals surface area contributed by atoms with Gasteiger partial charge in [-0.25, -0.2) is 14.2 Å². The molecular weight excluding hydrogens is 460 g/mol. The third-order valence-electron chi connectivity index (χ3n) is 7.74. The maximum Gasteiger partial charge on any atom is 0.497 e. The molecule has 9 heteroatoms. The molecule has 198 valence electrons. The highest BCUT2D eigenvalue weighted by Crippen LogP contribution is 2.37. The Hall–Kier alpha value is -2.13. The van der Waals surface area contributed by atoms with Crippen molar-refractivity contribution in [2.24, 2.45) is 5.92 Å². The summed E-state index contributed by atoms with van der Waals surface area (Å²) in [6, 6.07) is 3.09. The van der Waals surface area contributed by atoms with Crippen molar-refractivity contribution in [3.8, 4) is 0 Å². The molecule has 2 N–H and O–H groups in total. The molecule has 1 aromatic carbocycles. The lowest BCUT2D eigenvalue weighted by molar-refractivity contribution is 0.00578. The van der Waals surface area contributed by atoms with Crippen molar-refractivity contribution >= 4 is 29.7 Å². The molecule has 7 nitrogen and oxygen atoms in total. The number of rotatable bonds is 4. The Labute approximate surface area is 214 Å². The number of hydrogen-bond acceptors (Lipinski definition) is 5. The van der Waals surface area contributed by atoms with E-state index in [4.69, 9.17) is 14.0 Å². The highest BCUT2D eigenvalue weighted by molar-refractivity contribution is 6.62. The molecule has 1 unspecified atom stereocenters. The summed E-state index contributed by atoms with van der Waals surface area (Å²) in [6.07, 6.45) is 7.25. The number of amides is 1. The van der Waals surface area contributed by atoms with Gasteiger partial charge in [0, 0.05) is 5.46 Å². The van der Waals surface area contributed by atoms with E-state index in [1.165, 1.54) is 19.3 Å². The number of halogens is 1. The molecule has 2 aromatic rings. The van der Waals surface area contributed by atoms with Crippen molar-refractivity contribution < 1.29 is 23.2 Å². The zero-order valence-corrected chi connectivity index (χ0v) is 22.8. The first-order valence-electron chi connectivity index (χ1n) is 13.3. The van der Waals surface area contributed by atoms with Crippen LogP contribution in [-0.4, -0.2) is 40.0 Å². The maximum atomic E-state index is 15.8. The van der Waals surface area contributed by atoms with E-state index in [2.05, 4.69) is 15.3 Å². The van der Waals surface area contributed by atoms with Gasteiger partial charge in [-0.3, -0.25) is 0 Å². The van der Waals surface area contributed by atoms with Crippen LogP contribution in [-0.2, 0) is 14.0 Å². The summed E-state index contributed by atoms with van der Waals surface area (Å²) in [7, 11) is -0.819. The van der Waals surface area contributed by atoms with Gasteiger partial charge in [0.15, 0.2) is 5.82 Å². The van der Waals surface area contributed by atoms with Gasteiger partial charge in [-0.05, 0) is 73.3 Å². The summed E-state index contributed by atoms with van der Waals surface area (Å²) in [5.74, 6) is 0.262. The Bertz CT molecular complexity index is 1070. The molecule has 1 aromatic heterocycles. The first-order chi connectivity index (χ1) is 16.8. The van der Waals surface area contributed by atoms with Crippen LogP contribution in [0.25, 0.3) is 11.0 Å². The van der Waals surface area contributed by atoms with Crippen LogP contribution in [0.3, 0.4) is 0 Å². The second-order valence-electron chi connectivity index (χ2n) is 12.3. The van der Waals surface area contributed by atoms with Crippen molar-refractivity contribution in [1.82, 2.24) is 15.3 Å². The van der Waals surface area contributed by atoms with Crippen LogP contribution >= 0.6 is 0 Å². The average Bonchev–Trinajstić information content (AvgIpc) is 3.24. The number of aromatic nitrogens is 2. The van der Waals surface area contributed by atoms with Gasteiger partial charge < -0.3 is 24.3 Å². The fraction of sp³-hybridized carbons (Fsp3) is 0.704. The van der Waals surface area contributed by atoms with Crippen molar-refractivity contribution in [1.29, 1.82) is 0 Å². The molecule has 1 amide bonds. The quantitative estimate of drug-likeness (QED) is 0.508. The van der Waals surface area contributed by atoms with Crippen molar-refractivity contribution in [3.05, 3.63) is 23.8 Å². The van der Waals surface area contributed by atoms with E-state index >= 15 is 4.39 Å². The zero-order valence-electron chi connectivity index (χ0n) is 22.8. The molecule has 36 heavy (non-hydrogen) atoms. The Morgan fingerprint density at radius 2 is 1.69 bits per heavy atom. The number of nitrogens with one attached hydrogen (secondary N) is 2. The van der Waals surface area contributed by atoms with Gasteiger partial charge in [0.05, 0.1) is 22.8 Å². The molecule has 0 spiro atoms. The number of alkyl carbamates (subject to hydrolysis) is 1. The van der Waals surface area contributed by atoms with E-state index in [1.54, 1.807) is 12.1 Å². The standard InChI is InChI=1S/C27H41BFN3O4/c1-25(2,3)34-24(33)32-21(17-13-11-9-8-10-12-14-17)23-30-19-16-15-18(20(29)22(19)31-23)28-35-26(4,5)27(6,7)36-28/h15-17,21H,8-14H2,1-7H3,(H,30,31)(H,32,33). The Kier molecular flexibility index (Phi) is 7.46. The lowest BCUT2D eigenvalue weighted by Gasteiger charge is -2.32. The number of ether oxygens (including phenoxy) is 1. The summed E-state index contributed by atoms with van der Waals surface area (Å²) >= 11 is 0. The number of imidazole rings is 1. The zero-order chi connectivity index (χ0) is 26.3. The van der Waals surface area contributed by atoms with Gasteiger partial charge >= 0.3 is 13.2 Å². The molecule has 1 saturated carbocycles. The number of benzene rings is 1. The van der Waals surface area contributed by atoms with E-state index < -0.39 is 41.9 Å². The molecule has 2 aliphatic rings. The highest BCUT2D eigenvalue weighted by Gasteiger charge is 2.52. The van der Waals surface area contributed by atoms with Crippen LogP contribution in [0.15, 0.2) is 12.1 Å². The third kappa shape index (κ3) is 5.72. The number of H-pyrrole nitrogens is 1. The SMILES string of the molecule is CC(C)(C)OC(=O)NC(c1nc2c(F)c(B3OC(C)(C)C(C)(C)O3)ccc2[nH]1)C1CCCCCCC1. The van der Waals surface area contributed by atoms with Crippen molar-refractivity contribution in [3.63, 3.8) is 0 Å². The summed E-state index contributed by atoms with van der Waals surface area (Å²) in [6.45, 7) is 13.3. The molecule has 4 rings (SSSR count). The minimum Gasteiger partial charge on any atom is -0.444 e. The maximum absolute atomic E-state index is 15.8.